The standard InChI is InChI=1S/C31H29NO8/c1-4-28(33)32-24-12-8-22(9-13-24)31(36)40-27-17-16-26(20-21(27)3)39-30(35)23-10-14-25(15-11-23)37-18-6-7-19-38-29(34)5-2/h4-5,8-17,20H,1-2,6-7,18-19H2,3H3,(H,32,33). The lowest BCUT2D eigenvalue weighted by atomic mass is 10.2. The molecule has 0 saturated heterocycles. The second-order valence-corrected chi connectivity index (χ2v) is 8.43. The molecular weight excluding hydrogens is 514 g/mol. The van der Waals surface area contributed by atoms with E-state index >= 15 is 0 Å². The summed E-state index contributed by atoms with van der Waals surface area (Å²) in [6.45, 7) is 9.19. The molecule has 9 heteroatoms. The predicted octanol–water partition coefficient (Wildman–Crippen LogP) is 5.45. The van der Waals surface area contributed by atoms with Crippen LogP contribution in [0.25, 0.3) is 0 Å². The van der Waals surface area contributed by atoms with Crippen molar-refractivity contribution in [1.82, 2.24) is 0 Å². The molecule has 0 aliphatic rings. The maximum Gasteiger partial charge on any atom is 0.343 e. The van der Waals surface area contributed by atoms with Gasteiger partial charge in [0.25, 0.3) is 0 Å². The van der Waals surface area contributed by atoms with Gasteiger partial charge in [-0.3, -0.25) is 4.79 Å². The van der Waals surface area contributed by atoms with Gasteiger partial charge in [-0.1, -0.05) is 13.2 Å². The molecule has 1 N–H and O–H groups in total. The van der Waals surface area contributed by atoms with Gasteiger partial charge in [-0.2, -0.15) is 0 Å². The van der Waals surface area contributed by atoms with Crippen LogP contribution in [-0.4, -0.2) is 37.0 Å². The number of carbonyl (C=O) groups is 4. The number of benzene rings is 3. The molecule has 0 saturated carbocycles. The van der Waals surface area contributed by atoms with Gasteiger partial charge >= 0.3 is 17.9 Å². The van der Waals surface area contributed by atoms with E-state index in [1.807, 2.05) is 0 Å². The van der Waals surface area contributed by atoms with Gasteiger partial charge < -0.3 is 24.3 Å². The summed E-state index contributed by atoms with van der Waals surface area (Å²) in [6, 6.07) is 17.4. The van der Waals surface area contributed by atoms with Crippen molar-refractivity contribution in [3.8, 4) is 17.2 Å². The number of aryl methyl sites for hydroxylation is 1. The van der Waals surface area contributed by atoms with Crippen molar-refractivity contribution < 1.29 is 38.1 Å². The van der Waals surface area contributed by atoms with E-state index in [2.05, 4.69) is 18.5 Å². The summed E-state index contributed by atoms with van der Waals surface area (Å²) in [6.07, 6.45) is 3.62. The molecule has 0 aromatic heterocycles. The number of carbonyl (C=O) groups excluding carboxylic acids is 4. The Balaban J connectivity index is 1.49. The van der Waals surface area contributed by atoms with Gasteiger partial charge in [-0.15, -0.1) is 0 Å². The maximum atomic E-state index is 12.6. The van der Waals surface area contributed by atoms with Crippen molar-refractivity contribution in [2.24, 2.45) is 0 Å². The number of amides is 1. The minimum absolute atomic E-state index is 0.294. The third-order valence-electron chi connectivity index (χ3n) is 5.44. The Morgan fingerprint density at radius 1 is 0.750 bits per heavy atom. The number of ether oxygens (including phenoxy) is 4. The SMILES string of the molecule is C=CC(=O)Nc1ccc(C(=O)Oc2ccc(OC(=O)c3ccc(OCCCCOC(=O)C=C)cc3)cc2C)cc1. The van der Waals surface area contributed by atoms with E-state index in [9.17, 15) is 19.2 Å². The van der Waals surface area contributed by atoms with Crippen LogP contribution in [0.1, 0.15) is 39.1 Å². The molecule has 3 aromatic rings. The van der Waals surface area contributed by atoms with Crippen molar-refractivity contribution in [1.29, 1.82) is 0 Å². The number of rotatable bonds is 13. The molecule has 0 aliphatic heterocycles. The molecule has 0 heterocycles. The minimum atomic E-state index is -0.576. The number of esters is 3. The van der Waals surface area contributed by atoms with Crippen molar-refractivity contribution in [2.75, 3.05) is 18.5 Å². The fraction of sp³-hybridized carbons (Fsp3) is 0.161. The molecule has 9 nitrogen and oxygen atoms in total. The largest absolute Gasteiger partial charge is 0.494 e. The molecule has 40 heavy (non-hydrogen) atoms. The van der Waals surface area contributed by atoms with Crippen LogP contribution in [0.5, 0.6) is 17.2 Å². The van der Waals surface area contributed by atoms with E-state index in [4.69, 9.17) is 18.9 Å². The predicted molar refractivity (Wildman–Crippen MR) is 149 cm³/mol. The van der Waals surface area contributed by atoms with Crippen molar-refractivity contribution in [3.05, 3.63) is 109 Å². The summed E-state index contributed by atoms with van der Waals surface area (Å²) < 4.78 is 21.5. The quantitative estimate of drug-likeness (QED) is 0.131. The highest BCUT2D eigenvalue weighted by Gasteiger charge is 2.14. The summed E-state index contributed by atoms with van der Waals surface area (Å²) in [7, 11) is 0. The van der Waals surface area contributed by atoms with E-state index in [1.54, 1.807) is 55.5 Å². The maximum absolute atomic E-state index is 12.6. The van der Waals surface area contributed by atoms with E-state index in [0.29, 0.717) is 65.7 Å². The molecule has 0 unspecified atom stereocenters. The zero-order chi connectivity index (χ0) is 28.9. The highest BCUT2D eigenvalue weighted by molar-refractivity contribution is 5.99. The molecule has 0 atom stereocenters. The number of anilines is 1. The summed E-state index contributed by atoms with van der Waals surface area (Å²) in [5.41, 5.74) is 1.75. The van der Waals surface area contributed by atoms with E-state index < -0.39 is 17.9 Å². The van der Waals surface area contributed by atoms with Gasteiger partial charge in [0.2, 0.25) is 5.91 Å². The highest BCUT2D eigenvalue weighted by Crippen LogP contribution is 2.25. The molecule has 3 rings (SSSR count). The highest BCUT2D eigenvalue weighted by atomic mass is 16.5. The Bertz CT molecular complexity index is 1380. The zero-order valence-electron chi connectivity index (χ0n) is 22.0. The summed E-state index contributed by atoms with van der Waals surface area (Å²) in [5, 5.41) is 2.60. The molecule has 206 valence electrons. The lowest BCUT2D eigenvalue weighted by molar-refractivity contribution is -0.137. The van der Waals surface area contributed by atoms with Crippen molar-refractivity contribution >= 4 is 29.5 Å². The van der Waals surface area contributed by atoms with Crippen LogP contribution < -0.4 is 19.5 Å². The lowest BCUT2D eigenvalue weighted by Gasteiger charge is -2.11. The van der Waals surface area contributed by atoms with Crippen LogP contribution in [0, 0.1) is 6.92 Å². The Morgan fingerprint density at radius 2 is 1.35 bits per heavy atom. The molecule has 0 bridgehead atoms. The van der Waals surface area contributed by atoms with E-state index in [0.717, 1.165) is 12.2 Å². The fourth-order valence-electron chi connectivity index (χ4n) is 3.32. The summed E-state index contributed by atoms with van der Waals surface area (Å²) in [5.74, 6) is -0.730. The molecule has 1 amide bonds. The molecule has 3 aromatic carbocycles. The molecular formula is C31H29NO8. The Kier molecular flexibility index (Phi) is 10.8. The van der Waals surface area contributed by atoms with Crippen LogP contribution in [0.4, 0.5) is 5.69 Å². The second kappa shape index (κ2) is 14.7. The third kappa shape index (κ3) is 8.98. The fourth-order valence-corrected chi connectivity index (χ4v) is 3.32. The Hall–Kier alpha value is -5.18. The zero-order valence-corrected chi connectivity index (χ0v) is 22.0. The van der Waals surface area contributed by atoms with Crippen LogP contribution in [0.3, 0.4) is 0 Å². The first-order chi connectivity index (χ1) is 19.3. The summed E-state index contributed by atoms with van der Waals surface area (Å²) >= 11 is 0. The Labute approximate surface area is 232 Å². The first-order valence-electron chi connectivity index (χ1n) is 12.4. The average Bonchev–Trinajstić information content (AvgIpc) is 2.96. The third-order valence-corrected chi connectivity index (χ3v) is 5.44. The van der Waals surface area contributed by atoms with Crippen LogP contribution >= 0.6 is 0 Å². The van der Waals surface area contributed by atoms with Gasteiger partial charge in [0.05, 0.1) is 24.3 Å². The van der Waals surface area contributed by atoms with E-state index in [-0.39, 0.29) is 5.91 Å². The second-order valence-electron chi connectivity index (χ2n) is 8.43. The number of hydrogen-bond acceptors (Lipinski definition) is 8. The molecule has 0 aliphatic carbocycles. The minimum Gasteiger partial charge on any atom is -0.494 e. The Morgan fingerprint density at radius 3 is 1.98 bits per heavy atom. The monoisotopic (exact) mass is 543 g/mol. The van der Waals surface area contributed by atoms with Crippen molar-refractivity contribution in [3.63, 3.8) is 0 Å². The number of hydrogen-bond donors (Lipinski definition) is 1. The van der Waals surface area contributed by atoms with Gasteiger partial charge in [0.1, 0.15) is 17.2 Å². The van der Waals surface area contributed by atoms with Gasteiger partial charge in [-0.25, -0.2) is 14.4 Å². The topological polar surface area (TPSA) is 117 Å². The van der Waals surface area contributed by atoms with Gasteiger partial charge in [-0.05, 0) is 98.1 Å². The van der Waals surface area contributed by atoms with Gasteiger partial charge in [0, 0.05) is 11.8 Å². The summed E-state index contributed by atoms with van der Waals surface area (Å²) in [4.78, 5) is 47.5. The van der Waals surface area contributed by atoms with E-state index in [1.165, 1.54) is 18.2 Å². The van der Waals surface area contributed by atoms with Crippen LogP contribution in [0.15, 0.2) is 92.0 Å². The first kappa shape index (κ1) is 29.4. The number of nitrogens with one attached hydrogen (secondary N) is 1. The normalized spacial score (nSPS) is 10.1. The van der Waals surface area contributed by atoms with Crippen LogP contribution in [0.2, 0.25) is 0 Å². The smallest absolute Gasteiger partial charge is 0.343 e. The molecule has 0 fully saturated rings. The molecule has 0 radical (unpaired) electrons. The average molecular weight is 544 g/mol. The lowest BCUT2D eigenvalue weighted by Crippen LogP contribution is -2.11. The molecule has 0 spiro atoms. The van der Waals surface area contributed by atoms with Gasteiger partial charge in [0.15, 0.2) is 0 Å². The van der Waals surface area contributed by atoms with Crippen LogP contribution in [-0.2, 0) is 14.3 Å². The van der Waals surface area contributed by atoms with Crippen molar-refractivity contribution in [2.45, 2.75) is 19.8 Å². The first-order valence-corrected chi connectivity index (χ1v) is 12.4. The number of unbranched alkanes of at least 4 members (excludes halogenated alkanes) is 1.